The lowest BCUT2D eigenvalue weighted by Gasteiger charge is -2.64. The predicted molar refractivity (Wildman–Crippen MR) is 98.5 cm³/mol. The molecule has 0 amide bonds. The molecule has 5 aliphatic rings. The quantitative estimate of drug-likeness (QED) is 0.722. The van der Waals surface area contributed by atoms with Crippen molar-refractivity contribution in [2.45, 2.75) is 78.2 Å². The maximum absolute atomic E-state index is 13.6. The average molecular weight is 344 g/mol. The molecule has 0 radical (unpaired) electrons. The van der Waals surface area contributed by atoms with Crippen LogP contribution >= 0.6 is 0 Å². The number of carbonyl (C=O) groups excluding carboxylic acids is 1. The van der Waals surface area contributed by atoms with Gasteiger partial charge >= 0.3 is 0 Å². The number of Topliss-reactive ketones (excluding diaryl/α,β-unsaturated/α-hetero) is 1. The summed E-state index contributed by atoms with van der Waals surface area (Å²) in [4.78, 5) is 18.4. The normalized spacial score (nSPS) is 57.4. The molecule has 4 saturated carbocycles. The summed E-state index contributed by atoms with van der Waals surface area (Å²) in [5, 5.41) is 10.3. The highest BCUT2D eigenvalue weighted by Gasteiger charge is 2.68. The third-order valence-electron chi connectivity index (χ3n) is 9.90. The maximum atomic E-state index is 13.6. The van der Waals surface area contributed by atoms with Gasteiger partial charge in [-0.1, -0.05) is 13.8 Å². The number of ketones is 1. The minimum atomic E-state index is -0.165. The smallest absolute Gasteiger partial charge is 0.137 e. The van der Waals surface area contributed by atoms with Crippen LogP contribution in [-0.2, 0) is 4.79 Å². The van der Waals surface area contributed by atoms with E-state index in [4.69, 9.17) is 4.99 Å². The molecule has 0 unspecified atom stereocenters. The molecule has 5 rings (SSSR count). The predicted octanol–water partition coefficient (Wildman–Crippen LogP) is 4.03. The monoisotopic (exact) mass is 343 g/mol. The van der Waals surface area contributed by atoms with Crippen molar-refractivity contribution in [3.05, 3.63) is 0 Å². The molecular formula is C22H33NO2. The Bertz CT molecular complexity index is 656. The molecule has 1 spiro atoms. The van der Waals surface area contributed by atoms with Gasteiger partial charge < -0.3 is 5.11 Å². The lowest BCUT2D eigenvalue weighted by Crippen LogP contribution is -2.61. The van der Waals surface area contributed by atoms with Gasteiger partial charge in [0.25, 0.3) is 0 Å². The van der Waals surface area contributed by atoms with Crippen molar-refractivity contribution in [1.29, 1.82) is 0 Å². The van der Waals surface area contributed by atoms with E-state index in [0.29, 0.717) is 23.5 Å². The number of hydrogen-bond acceptors (Lipinski definition) is 3. The Hall–Kier alpha value is -0.700. The minimum absolute atomic E-state index is 0.0838. The van der Waals surface area contributed by atoms with Crippen LogP contribution in [0, 0.1) is 39.9 Å². The van der Waals surface area contributed by atoms with E-state index in [2.05, 4.69) is 20.8 Å². The molecule has 3 heteroatoms. The Labute approximate surface area is 151 Å². The van der Waals surface area contributed by atoms with Gasteiger partial charge in [0, 0.05) is 35.9 Å². The molecule has 1 N–H and O–H groups in total. The van der Waals surface area contributed by atoms with E-state index < -0.39 is 0 Å². The standard InChI is InChI=1S/C22H33NO2/c1-13-16-4-5-17-15-7-8-20(2)10-14(24)6-9-21(20,3)19(15)18(25)11-22(16,17)12-23-13/h14-17,19,24H,4-12H2,1-3H3/t14-,15-,16+,17-,19+,20+,21+,22-/m0/s1. The van der Waals surface area contributed by atoms with Crippen LogP contribution in [0.4, 0.5) is 0 Å². The van der Waals surface area contributed by atoms with Crippen molar-refractivity contribution in [3.63, 3.8) is 0 Å². The molecule has 138 valence electrons. The van der Waals surface area contributed by atoms with Crippen molar-refractivity contribution in [3.8, 4) is 0 Å². The molecule has 1 heterocycles. The van der Waals surface area contributed by atoms with E-state index in [0.717, 1.165) is 32.2 Å². The molecule has 4 aliphatic carbocycles. The zero-order valence-electron chi connectivity index (χ0n) is 16.1. The first-order chi connectivity index (χ1) is 11.8. The maximum Gasteiger partial charge on any atom is 0.137 e. The van der Waals surface area contributed by atoms with Crippen molar-refractivity contribution < 1.29 is 9.90 Å². The summed E-state index contributed by atoms with van der Waals surface area (Å²) in [5.41, 5.74) is 1.72. The number of fused-ring (bicyclic) bond motifs is 4. The zero-order valence-corrected chi connectivity index (χ0v) is 16.1. The minimum Gasteiger partial charge on any atom is -0.393 e. The van der Waals surface area contributed by atoms with Crippen LogP contribution in [0.1, 0.15) is 72.1 Å². The summed E-state index contributed by atoms with van der Waals surface area (Å²) in [6.07, 6.45) is 8.34. The van der Waals surface area contributed by atoms with Gasteiger partial charge in [-0.25, -0.2) is 0 Å². The van der Waals surface area contributed by atoms with Gasteiger partial charge in [-0.15, -0.1) is 0 Å². The van der Waals surface area contributed by atoms with Crippen LogP contribution in [0.25, 0.3) is 0 Å². The van der Waals surface area contributed by atoms with E-state index in [9.17, 15) is 9.90 Å². The van der Waals surface area contributed by atoms with E-state index in [-0.39, 0.29) is 28.3 Å². The van der Waals surface area contributed by atoms with E-state index in [1.54, 1.807) is 0 Å². The first kappa shape index (κ1) is 16.5. The van der Waals surface area contributed by atoms with Gasteiger partial charge in [0.05, 0.1) is 6.10 Å². The number of aliphatic hydroxyl groups is 1. The number of hydrogen-bond donors (Lipinski definition) is 1. The van der Waals surface area contributed by atoms with Gasteiger partial charge in [-0.2, -0.15) is 0 Å². The van der Waals surface area contributed by atoms with E-state index in [1.807, 2.05) is 0 Å². The molecular weight excluding hydrogens is 310 g/mol. The summed E-state index contributed by atoms with van der Waals surface area (Å²) >= 11 is 0. The van der Waals surface area contributed by atoms with E-state index >= 15 is 0 Å². The fraction of sp³-hybridized carbons (Fsp3) is 0.909. The number of aliphatic hydroxyl groups excluding tert-OH is 1. The first-order valence-corrected chi connectivity index (χ1v) is 10.5. The molecule has 1 aliphatic heterocycles. The fourth-order valence-corrected chi connectivity index (χ4v) is 8.49. The Morgan fingerprint density at radius 2 is 1.92 bits per heavy atom. The lowest BCUT2D eigenvalue weighted by atomic mass is 9.40. The highest BCUT2D eigenvalue weighted by Crippen LogP contribution is 2.70. The molecule has 8 atom stereocenters. The summed E-state index contributed by atoms with van der Waals surface area (Å²) in [5.74, 6) is 2.63. The number of rotatable bonds is 0. The second kappa shape index (κ2) is 4.97. The average Bonchev–Trinajstić information content (AvgIpc) is 3.06. The molecule has 3 nitrogen and oxygen atoms in total. The zero-order chi connectivity index (χ0) is 17.6. The van der Waals surface area contributed by atoms with Crippen molar-refractivity contribution in [1.82, 2.24) is 0 Å². The van der Waals surface area contributed by atoms with Crippen LogP contribution in [0.15, 0.2) is 4.99 Å². The van der Waals surface area contributed by atoms with Gasteiger partial charge in [0.2, 0.25) is 0 Å². The first-order valence-electron chi connectivity index (χ1n) is 10.5. The Kier molecular flexibility index (Phi) is 3.27. The molecule has 25 heavy (non-hydrogen) atoms. The van der Waals surface area contributed by atoms with Gasteiger partial charge in [0.15, 0.2) is 0 Å². The summed E-state index contributed by atoms with van der Waals surface area (Å²) in [6.45, 7) is 7.87. The van der Waals surface area contributed by atoms with Crippen LogP contribution < -0.4 is 0 Å². The molecule has 0 saturated heterocycles. The van der Waals surface area contributed by atoms with Crippen molar-refractivity contribution >= 4 is 11.5 Å². The summed E-state index contributed by atoms with van der Waals surface area (Å²) in [7, 11) is 0. The summed E-state index contributed by atoms with van der Waals surface area (Å²) < 4.78 is 0. The van der Waals surface area contributed by atoms with Crippen LogP contribution in [-0.4, -0.2) is 29.3 Å². The molecule has 0 aromatic carbocycles. The second-order valence-electron chi connectivity index (χ2n) is 10.6. The number of carbonyl (C=O) groups is 1. The highest BCUT2D eigenvalue weighted by molar-refractivity contribution is 5.91. The summed E-state index contributed by atoms with van der Waals surface area (Å²) in [6, 6.07) is 0. The van der Waals surface area contributed by atoms with Gasteiger partial charge in [-0.3, -0.25) is 9.79 Å². The van der Waals surface area contributed by atoms with Crippen LogP contribution in [0.5, 0.6) is 0 Å². The Morgan fingerprint density at radius 1 is 1.12 bits per heavy atom. The van der Waals surface area contributed by atoms with Crippen molar-refractivity contribution in [2.75, 3.05) is 6.54 Å². The topological polar surface area (TPSA) is 49.7 Å². The highest BCUT2D eigenvalue weighted by atomic mass is 16.3. The third-order valence-corrected chi connectivity index (χ3v) is 9.90. The molecule has 0 bridgehead atoms. The molecule has 4 fully saturated rings. The van der Waals surface area contributed by atoms with Gasteiger partial charge in [0.1, 0.15) is 5.78 Å². The Morgan fingerprint density at radius 3 is 2.72 bits per heavy atom. The molecule has 0 aromatic heterocycles. The SMILES string of the molecule is CC1=NC[C@]23CC(=O)[C@H]4[C@@H](CC[C@]5(C)C[C@@H](O)CC[C@]45C)[C@@H]2CC[C@H]13. The lowest BCUT2D eigenvalue weighted by molar-refractivity contribution is -0.179. The van der Waals surface area contributed by atoms with E-state index in [1.165, 1.54) is 31.4 Å². The Balaban J connectivity index is 1.54. The van der Waals surface area contributed by atoms with Crippen molar-refractivity contribution in [2.24, 2.45) is 44.9 Å². The van der Waals surface area contributed by atoms with Gasteiger partial charge in [-0.05, 0) is 74.5 Å². The number of aliphatic imine (C=N–C) groups is 1. The second-order valence-corrected chi connectivity index (χ2v) is 10.6. The van der Waals surface area contributed by atoms with Crippen LogP contribution in [0.3, 0.4) is 0 Å². The molecule has 0 aromatic rings. The van der Waals surface area contributed by atoms with Crippen LogP contribution in [0.2, 0.25) is 0 Å². The number of nitrogens with zero attached hydrogens (tertiary/aromatic N) is 1. The largest absolute Gasteiger partial charge is 0.393 e. The fourth-order valence-electron chi connectivity index (χ4n) is 8.49. The third kappa shape index (κ3) is 1.86.